The molecule has 0 saturated heterocycles. The van der Waals surface area contributed by atoms with Crippen LogP contribution in [0.4, 0.5) is 27.1 Å². The summed E-state index contributed by atoms with van der Waals surface area (Å²) in [6.45, 7) is 0. The fourth-order valence-electron chi connectivity index (χ4n) is 3.05. The van der Waals surface area contributed by atoms with Crippen LogP contribution in [-0.2, 0) is 0 Å². The highest BCUT2D eigenvalue weighted by molar-refractivity contribution is 6.04. The predicted molar refractivity (Wildman–Crippen MR) is 113 cm³/mol. The molecule has 0 unspecified atom stereocenters. The molecule has 31 heavy (non-hydrogen) atoms. The molecule has 0 bridgehead atoms. The summed E-state index contributed by atoms with van der Waals surface area (Å²) >= 11 is 0. The number of aromatic nitrogens is 2. The number of non-ortho nitro benzene ring substituents is 1. The Labute approximate surface area is 173 Å². The van der Waals surface area contributed by atoms with E-state index in [0.717, 1.165) is 12.4 Å². The minimum atomic E-state index is -0.603. The van der Waals surface area contributed by atoms with Gasteiger partial charge in [-0.1, -0.05) is 6.07 Å². The molecule has 1 amide bonds. The van der Waals surface area contributed by atoms with E-state index in [0.29, 0.717) is 17.1 Å². The second-order valence-electron chi connectivity index (χ2n) is 6.51. The minimum Gasteiger partial charge on any atom is -0.355 e. The average molecular weight is 419 g/mol. The fraction of sp³-hybridized carbons (Fsp3) is 0. The lowest BCUT2D eigenvalue weighted by atomic mass is 10.1. The smallest absolute Gasteiger partial charge is 0.295 e. The van der Waals surface area contributed by atoms with Crippen molar-refractivity contribution in [1.82, 2.24) is 9.97 Å². The molecule has 0 radical (unpaired) electrons. The standard InChI is InChI=1S/C21H14FN5O4/c22-13-3-1-2-12(10-13)20(28)26-15-6-4-14(5-7-15)25-16-8-9-17(27(30)31)19-18(16)21(29)24-11-23-19/h1-11,25H,(H,26,28)(H,23,24,29). The number of nitro groups is 1. The molecule has 1 heterocycles. The maximum absolute atomic E-state index is 13.3. The average Bonchev–Trinajstić information content (AvgIpc) is 2.75. The number of nitrogens with one attached hydrogen (secondary N) is 3. The molecule has 0 atom stereocenters. The summed E-state index contributed by atoms with van der Waals surface area (Å²) in [6.07, 6.45) is 1.11. The van der Waals surface area contributed by atoms with Gasteiger partial charge in [0.05, 0.1) is 22.3 Å². The summed E-state index contributed by atoms with van der Waals surface area (Å²) < 4.78 is 13.3. The minimum absolute atomic E-state index is 0.0299. The van der Waals surface area contributed by atoms with E-state index in [1.165, 1.54) is 30.3 Å². The number of H-pyrrole nitrogens is 1. The molecular weight excluding hydrogens is 405 g/mol. The van der Waals surface area contributed by atoms with Crippen LogP contribution in [0.15, 0.2) is 71.8 Å². The van der Waals surface area contributed by atoms with Gasteiger partial charge >= 0.3 is 0 Å². The summed E-state index contributed by atoms with van der Waals surface area (Å²) in [6, 6.07) is 14.6. The third kappa shape index (κ3) is 4.08. The van der Waals surface area contributed by atoms with Crippen LogP contribution in [-0.4, -0.2) is 20.8 Å². The number of carbonyl (C=O) groups is 1. The lowest BCUT2D eigenvalue weighted by molar-refractivity contribution is -0.383. The Morgan fingerprint density at radius 3 is 2.52 bits per heavy atom. The molecule has 4 aromatic rings. The quantitative estimate of drug-likeness (QED) is 0.332. The van der Waals surface area contributed by atoms with Gasteiger partial charge in [0.25, 0.3) is 17.2 Å². The largest absolute Gasteiger partial charge is 0.355 e. The monoisotopic (exact) mass is 419 g/mol. The SMILES string of the molecule is O=C(Nc1ccc(Nc2ccc([N+](=O)[O-])c3nc[nH]c(=O)c23)cc1)c1cccc(F)c1. The van der Waals surface area contributed by atoms with Gasteiger partial charge in [0, 0.05) is 23.0 Å². The van der Waals surface area contributed by atoms with Crippen molar-refractivity contribution >= 4 is 39.6 Å². The number of carbonyl (C=O) groups excluding carboxylic acids is 1. The number of hydrogen-bond donors (Lipinski definition) is 3. The number of aromatic amines is 1. The lowest BCUT2D eigenvalue weighted by Crippen LogP contribution is -2.12. The molecule has 0 aliphatic rings. The number of nitrogens with zero attached hydrogens (tertiary/aromatic N) is 2. The second-order valence-corrected chi connectivity index (χ2v) is 6.51. The first-order valence-electron chi connectivity index (χ1n) is 9.01. The molecular formula is C21H14FN5O4. The molecule has 10 heteroatoms. The Bertz CT molecular complexity index is 1370. The zero-order chi connectivity index (χ0) is 22.0. The van der Waals surface area contributed by atoms with Crippen molar-refractivity contribution in [3.8, 4) is 0 Å². The molecule has 0 spiro atoms. The Morgan fingerprint density at radius 1 is 1.06 bits per heavy atom. The van der Waals surface area contributed by atoms with Crippen LogP contribution < -0.4 is 16.2 Å². The van der Waals surface area contributed by atoms with Crippen LogP contribution in [0.2, 0.25) is 0 Å². The lowest BCUT2D eigenvalue weighted by Gasteiger charge is -2.10. The first-order chi connectivity index (χ1) is 14.9. The van der Waals surface area contributed by atoms with Crippen LogP contribution in [0.3, 0.4) is 0 Å². The van der Waals surface area contributed by atoms with Crippen LogP contribution in [0, 0.1) is 15.9 Å². The number of amides is 1. The van der Waals surface area contributed by atoms with Crippen LogP contribution in [0.5, 0.6) is 0 Å². The molecule has 0 aliphatic carbocycles. The molecule has 1 aromatic heterocycles. The van der Waals surface area contributed by atoms with E-state index >= 15 is 0 Å². The van der Waals surface area contributed by atoms with Gasteiger partial charge in [-0.15, -0.1) is 0 Å². The van der Waals surface area contributed by atoms with E-state index in [9.17, 15) is 24.1 Å². The van der Waals surface area contributed by atoms with Gasteiger partial charge in [0.2, 0.25) is 0 Å². The molecule has 0 fully saturated rings. The zero-order valence-corrected chi connectivity index (χ0v) is 15.8. The number of anilines is 3. The summed E-state index contributed by atoms with van der Waals surface area (Å²) in [4.78, 5) is 41.5. The van der Waals surface area contributed by atoms with Gasteiger partial charge in [-0.05, 0) is 48.5 Å². The number of rotatable bonds is 5. The van der Waals surface area contributed by atoms with Crippen molar-refractivity contribution in [2.24, 2.45) is 0 Å². The Balaban J connectivity index is 1.58. The number of halogens is 1. The topological polar surface area (TPSA) is 130 Å². The molecule has 3 N–H and O–H groups in total. The third-order valence-electron chi connectivity index (χ3n) is 4.48. The van der Waals surface area contributed by atoms with Gasteiger partial charge in [-0.25, -0.2) is 9.37 Å². The highest BCUT2D eigenvalue weighted by Gasteiger charge is 2.18. The molecule has 9 nitrogen and oxygen atoms in total. The Kier molecular flexibility index (Phi) is 5.10. The Hall–Kier alpha value is -4.60. The fourth-order valence-corrected chi connectivity index (χ4v) is 3.05. The number of benzene rings is 3. The van der Waals surface area contributed by atoms with E-state index < -0.39 is 22.2 Å². The number of nitro benzene ring substituents is 1. The summed E-state index contributed by atoms with van der Waals surface area (Å²) in [5.74, 6) is -0.967. The molecule has 154 valence electrons. The maximum atomic E-state index is 13.3. The van der Waals surface area contributed by atoms with Gasteiger partial charge in [0.15, 0.2) is 5.52 Å². The predicted octanol–water partition coefficient (Wildman–Crippen LogP) is 3.97. The van der Waals surface area contributed by atoms with Crippen molar-refractivity contribution in [3.05, 3.63) is 98.8 Å². The van der Waals surface area contributed by atoms with Gasteiger partial charge in [-0.2, -0.15) is 0 Å². The molecule has 0 saturated carbocycles. The summed E-state index contributed by atoms with van der Waals surface area (Å²) in [5.41, 5.74) is 0.753. The molecule has 3 aromatic carbocycles. The molecule has 0 aliphatic heterocycles. The number of fused-ring (bicyclic) bond motifs is 1. The normalized spacial score (nSPS) is 10.6. The number of hydrogen-bond acceptors (Lipinski definition) is 6. The van der Waals surface area contributed by atoms with Gasteiger partial charge in [-0.3, -0.25) is 19.7 Å². The summed E-state index contributed by atoms with van der Waals surface area (Å²) in [5, 5.41) is 17.0. The molecule has 4 rings (SSSR count). The van der Waals surface area contributed by atoms with E-state index in [4.69, 9.17) is 0 Å². The van der Waals surface area contributed by atoms with Crippen molar-refractivity contribution < 1.29 is 14.1 Å². The van der Waals surface area contributed by atoms with Crippen LogP contribution >= 0.6 is 0 Å². The van der Waals surface area contributed by atoms with Crippen molar-refractivity contribution in [1.29, 1.82) is 0 Å². The second kappa shape index (κ2) is 8.03. The van der Waals surface area contributed by atoms with Gasteiger partial charge in [0.1, 0.15) is 5.82 Å². The zero-order valence-electron chi connectivity index (χ0n) is 15.8. The summed E-state index contributed by atoms with van der Waals surface area (Å²) in [7, 11) is 0. The van der Waals surface area contributed by atoms with E-state index in [1.54, 1.807) is 24.3 Å². The Morgan fingerprint density at radius 2 is 1.81 bits per heavy atom. The van der Waals surface area contributed by atoms with Crippen LogP contribution in [0.25, 0.3) is 10.9 Å². The van der Waals surface area contributed by atoms with E-state index in [-0.39, 0.29) is 22.2 Å². The third-order valence-corrected chi connectivity index (χ3v) is 4.48. The van der Waals surface area contributed by atoms with E-state index in [1.807, 2.05) is 0 Å². The van der Waals surface area contributed by atoms with Gasteiger partial charge < -0.3 is 15.6 Å². The van der Waals surface area contributed by atoms with E-state index in [2.05, 4.69) is 20.6 Å². The highest BCUT2D eigenvalue weighted by Crippen LogP contribution is 2.29. The first kappa shape index (κ1) is 19.7. The van der Waals surface area contributed by atoms with Crippen molar-refractivity contribution in [2.45, 2.75) is 0 Å². The van der Waals surface area contributed by atoms with Crippen LogP contribution in [0.1, 0.15) is 10.4 Å². The highest BCUT2D eigenvalue weighted by atomic mass is 19.1. The maximum Gasteiger partial charge on any atom is 0.295 e. The van der Waals surface area contributed by atoms with Crippen molar-refractivity contribution in [3.63, 3.8) is 0 Å². The first-order valence-corrected chi connectivity index (χ1v) is 9.01. The van der Waals surface area contributed by atoms with Crippen molar-refractivity contribution in [2.75, 3.05) is 10.6 Å².